The van der Waals surface area contributed by atoms with Gasteiger partial charge in [0.15, 0.2) is 0 Å². The van der Waals surface area contributed by atoms with Crippen LogP contribution in [0.2, 0.25) is 0 Å². The first-order valence-corrected chi connectivity index (χ1v) is 11.8. The standard InChI is InChI=1S/C21H22F6OSSi/c1-18(2,3)13-17(29)30(14-9-5-4-6-10-14)16-12-8-7-11-15(16)19(28-30,20(22,23)24)21(25,26)27/h4-12,17,29H,13H2,1-3H3/t17-,30?/m0/s1. The van der Waals surface area contributed by atoms with Gasteiger partial charge in [0.1, 0.15) is 0 Å². The van der Waals surface area contributed by atoms with E-state index >= 15 is 0 Å². The van der Waals surface area contributed by atoms with E-state index in [2.05, 4.69) is 12.6 Å². The summed E-state index contributed by atoms with van der Waals surface area (Å²) in [6.07, 6.45) is -11.1. The number of thiol groups is 1. The highest BCUT2D eigenvalue weighted by molar-refractivity contribution is 7.83. The first-order valence-electron chi connectivity index (χ1n) is 9.34. The second-order valence-corrected chi connectivity index (χ2v) is 13.3. The molecule has 30 heavy (non-hydrogen) atoms. The fourth-order valence-corrected chi connectivity index (χ4v) is 10.5. The molecule has 1 aliphatic rings. The van der Waals surface area contributed by atoms with Crippen LogP contribution in [0.3, 0.4) is 0 Å². The molecule has 0 saturated heterocycles. The van der Waals surface area contributed by atoms with Crippen LogP contribution in [0.25, 0.3) is 0 Å². The molecule has 1 heterocycles. The van der Waals surface area contributed by atoms with Gasteiger partial charge in [-0.05, 0) is 22.2 Å². The third-order valence-corrected chi connectivity index (χ3v) is 10.8. The van der Waals surface area contributed by atoms with E-state index in [9.17, 15) is 26.3 Å². The van der Waals surface area contributed by atoms with Crippen LogP contribution in [0.5, 0.6) is 0 Å². The van der Waals surface area contributed by atoms with Gasteiger partial charge in [0.25, 0.3) is 13.9 Å². The molecule has 164 valence electrons. The van der Waals surface area contributed by atoms with Crippen molar-refractivity contribution in [3.8, 4) is 0 Å². The highest BCUT2D eigenvalue weighted by Gasteiger charge is 2.80. The number of fused-ring (bicyclic) bond motifs is 1. The van der Waals surface area contributed by atoms with Gasteiger partial charge < -0.3 is 4.43 Å². The van der Waals surface area contributed by atoms with Crippen LogP contribution in [-0.4, -0.2) is 25.5 Å². The Morgan fingerprint density at radius 2 is 1.37 bits per heavy atom. The summed E-state index contributed by atoms with van der Waals surface area (Å²) in [4.78, 5) is -0.840. The Balaban J connectivity index is 2.40. The van der Waals surface area contributed by atoms with E-state index in [1.807, 2.05) is 20.8 Å². The Labute approximate surface area is 178 Å². The maximum Gasteiger partial charge on any atom is 0.429 e. The molecule has 9 heteroatoms. The average Bonchev–Trinajstić information content (AvgIpc) is 2.94. The minimum Gasteiger partial charge on any atom is -0.383 e. The molecule has 1 aliphatic heterocycles. The second kappa shape index (κ2) is 7.31. The molecule has 0 N–H and O–H groups in total. The zero-order valence-corrected chi connectivity index (χ0v) is 18.5. The summed E-state index contributed by atoms with van der Waals surface area (Å²) in [6.45, 7) is 5.60. The predicted octanol–water partition coefficient (Wildman–Crippen LogP) is 5.37. The fraction of sp³-hybridized carbons (Fsp3) is 0.429. The van der Waals surface area contributed by atoms with Crippen molar-refractivity contribution in [1.29, 1.82) is 0 Å². The van der Waals surface area contributed by atoms with Crippen molar-refractivity contribution in [2.45, 2.75) is 50.0 Å². The summed E-state index contributed by atoms with van der Waals surface area (Å²) < 4.78 is 90.7. The zero-order valence-electron chi connectivity index (χ0n) is 16.6. The molecule has 0 amide bonds. The Hall–Kier alpha value is -1.45. The minimum absolute atomic E-state index is 0.0323. The summed E-state index contributed by atoms with van der Waals surface area (Å²) in [5.41, 5.74) is -5.66. The Bertz CT molecular complexity index is 892. The summed E-state index contributed by atoms with van der Waals surface area (Å²) in [5, 5.41) is 0.298. The van der Waals surface area contributed by atoms with Crippen molar-refractivity contribution < 1.29 is 30.8 Å². The third-order valence-electron chi connectivity index (χ3n) is 5.30. The van der Waals surface area contributed by atoms with Gasteiger partial charge >= 0.3 is 12.4 Å². The van der Waals surface area contributed by atoms with Crippen LogP contribution < -0.4 is 10.4 Å². The van der Waals surface area contributed by atoms with Crippen LogP contribution in [0, 0.1) is 5.41 Å². The summed E-state index contributed by atoms with van der Waals surface area (Å²) in [6, 6.07) is 12.8. The van der Waals surface area contributed by atoms with Crippen molar-refractivity contribution in [2.24, 2.45) is 5.41 Å². The van der Waals surface area contributed by atoms with Gasteiger partial charge in [-0.3, -0.25) is 0 Å². The third kappa shape index (κ3) is 3.48. The molecule has 3 rings (SSSR count). The Morgan fingerprint density at radius 3 is 1.87 bits per heavy atom. The number of hydrogen-bond acceptors (Lipinski definition) is 2. The normalized spacial score (nSPS) is 22.6. The van der Waals surface area contributed by atoms with Gasteiger partial charge in [0.2, 0.25) is 0 Å². The molecule has 2 aromatic carbocycles. The summed E-state index contributed by atoms with van der Waals surface area (Å²) in [5.74, 6) is 0. The van der Waals surface area contributed by atoms with Crippen LogP contribution in [0.15, 0.2) is 54.6 Å². The van der Waals surface area contributed by atoms with E-state index in [4.69, 9.17) is 4.43 Å². The summed E-state index contributed by atoms with van der Waals surface area (Å²) >= 11 is 4.61. The zero-order chi connectivity index (χ0) is 22.6. The highest BCUT2D eigenvalue weighted by atomic mass is 32.1. The molecular weight excluding hydrogens is 442 g/mol. The van der Waals surface area contributed by atoms with Crippen molar-refractivity contribution in [3.63, 3.8) is 0 Å². The number of halogens is 6. The molecule has 1 nitrogen and oxygen atoms in total. The SMILES string of the molecule is CC(C)(C)C[C@@H](S)[Si]1(c2ccccc2)OC(C(F)(F)F)(C(F)(F)F)c2ccccc21. The molecule has 0 saturated carbocycles. The van der Waals surface area contributed by atoms with Crippen molar-refractivity contribution >= 4 is 31.3 Å². The molecule has 2 aromatic rings. The van der Waals surface area contributed by atoms with E-state index in [-0.39, 0.29) is 17.0 Å². The highest BCUT2D eigenvalue weighted by Crippen LogP contribution is 2.57. The number of rotatable bonds is 3. The maximum atomic E-state index is 14.2. The summed E-state index contributed by atoms with van der Waals surface area (Å²) in [7, 11) is -4.07. The van der Waals surface area contributed by atoms with Crippen LogP contribution in [-0.2, 0) is 10.0 Å². The first-order chi connectivity index (χ1) is 13.7. The Kier molecular flexibility index (Phi) is 5.65. The van der Waals surface area contributed by atoms with Gasteiger partial charge in [-0.25, -0.2) is 0 Å². The lowest BCUT2D eigenvalue weighted by Gasteiger charge is -2.41. The fourth-order valence-electron chi connectivity index (χ4n) is 4.11. The molecule has 0 aliphatic carbocycles. The van der Waals surface area contributed by atoms with Gasteiger partial charge in [0.05, 0.1) is 0 Å². The molecule has 0 spiro atoms. The molecular formula is C21H22F6OSSi. The molecule has 0 fully saturated rings. The van der Waals surface area contributed by atoms with Gasteiger partial charge in [-0.15, -0.1) is 0 Å². The monoisotopic (exact) mass is 464 g/mol. The van der Waals surface area contributed by atoms with E-state index in [1.54, 1.807) is 18.2 Å². The predicted molar refractivity (Wildman–Crippen MR) is 110 cm³/mol. The molecule has 0 radical (unpaired) electrons. The second-order valence-electron chi connectivity index (χ2n) is 8.71. The van der Waals surface area contributed by atoms with Crippen LogP contribution in [0.1, 0.15) is 32.8 Å². The van der Waals surface area contributed by atoms with Crippen molar-refractivity contribution in [2.75, 3.05) is 0 Å². The van der Waals surface area contributed by atoms with Crippen molar-refractivity contribution in [3.05, 3.63) is 60.2 Å². The molecule has 0 bridgehead atoms. The van der Waals surface area contributed by atoms with Crippen LogP contribution in [0.4, 0.5) is 26.3 Å². The molecule has 2 atom stereocenters. The number of benzene rings is 2. The average molecular weight is 465 g/mol. The van der Waals surface area contributed by atoms with E-state index in [1.165, 1.54) is 30.3 Å². The quantitative estimate of drug-likeness (QED) is 0.365. The number of alkyl halides is 6. The maximum absolute atomic E-state index is 14.2. The lowest BCUT2D eigenvalue weighted by Crippen LogP contribution is -2.67. The molecule has 1 unspecified atom stereocenters. The van der Waals surface area contributed by atoms with Gasteiger partial charge in [0, 0.05) is 10.4 Å². The lowest BCUT2D eigenvalue weighted by molar-refractivity contribution is -0.365. The smallest absolute Gasteiger partial charge is 0.383 e. The Morgan fingerprint density at radius 1 is 0.867 bits per heavy atom. The van der Waals surface area contributed by atoms with Gasteiger partial charge in [-0.2, -0.15) is 39.0 Å². The van der Waals surface area contributed by atoms with E-state index in [0.29, 0.717) is 5.19 Å². The first kappa shape index (κ1) is 23.2. The van der Waals surface area contributed by atoms with E-state index < -0.39 is 36.7 Å². The molecule has 0 aromatic heterocycles. The number of hydrogen-bond donors (Lipinski definition) is 1. The topological polar surface area (TPSA) is 9.23 Å². The van der Waals surface area contributed by atoms with Crippen LogP contribution >= 0.6 is 12.6 Å². The van der Waals surface area contributed by atoms with E-state index in [0.717, 1.165) is 6.07 Å². The lowest BCUT2D eigenvalue weighted by atomic mass is 9.92. The van der Waals surface area contributed by atoms with Crippen molar-refractivity contribution in [1.82, 2.24) is 0 Å². The largest absolute Gasteiger partial charge is 0.429 e. The van der Waals surface area contributed by atoms with Gasteiger partial charge in [-0.1, -0.05) is 75.4 Å². The minimum atomic E-state index is -5.69.